The average molecular weight is 249 g/mol. The minimum atomic E-state index is -3.69. The van der Waals surface area contributed by atoms with Crippen molar-refractivity contribution < 1.29 is 18.3 Å². The predicted octanol–water partition coefficient (Wildman–Crippen LogP) is -0.785. The molecule has 0 amide bonds. The van der Waals surface area contributed by atoms with Crippen molar-refractivity contribution in [1.82, 2.24) is 14.9 Å². The molecule has 1 aromatic heterocycles. The molecule has 0 spiro atoms. The Morgan fingerprint density at radius 2 is 2.38 bits per heavy atom. The zero-order valence-electron chi connectivity index (χ0n) is 9.10. The van der Waals surface area contributed by atoms with Gasteiger partial charge in [0.15, 0.2) is 5.03 Å². The second kappa shape index (κ2) is 5.39. The third kappa shape index (κ3) is 3.01. The van der Waals surface area contributed by atoms with E-state index in [1.54, 1.807) is 6.92 Å². The summed E-state index contributed by atoms with van der Waals surface area (Å²) in [4.78, 5) is 0. The SMILES string of the molecule is COCC(C)NS(=O)(=O)c1[nH]ncc1CO. The number of hydrogen-bond donors (Lipinski definition) is 3. The van der Waals surface area contributed by atoms with Crippen LogP contribution in [-0.2, 0) is 21.4 Å². The molecule has 0 aliphatic heterocycles. The Hall–Kier alpha value is -0.960. The van der Waals surface area contributed by atoms with Crippen LogP contribution in [0.15, 0.2) is 11.2 Å². The summed E-state index contributed by atoms with van der Waals surface area (Å²) >= 11 is 0. The Morgan fingerprint density at radius 1 is 1.69 bits per heavy atom. The molecule has 0 saturated carbocycles. The van der Waals surface area contributed by atoms with Gasteiger partial charge < -0.3 is 9.84 Å². The second-order valence-electron chi connectivity index (χ2n) is 3.36. The Morgan fingerprint density at radius 3 is 2.94 bits per heavy atom. The fraction of sp³-hybridized carbons (Fsp3) is 0.625. The molecule has 1 atom stereocenters. The average Bonchev–Trinajstić information content (AvgIpc) is 2.65. The van der Waals surface area contributed by atoms with Crippen LogP contribution in [0.2, 0.25) is 0 Å². The molecule has 1 heterocycles. The first-order valence-electron chi connectivity index (χ1n) is 4.65. The van der Waals surface area contributed by atoms with Crippen molar-refractivity contribution in [1.29, 1.82) is 0 Å². The minimum absolute atomic E-state index is 0.113. The number of rotatable bonds is 6. The van der Waals surface area contributed by atoms with Crippen molar-refractivity contribution in [3.05, 3.63) is 11.8 Å². The van der Waals surface area contributed by atoms with Crippen LogP contribution in [0.1, 0.15) is 12.5 Å². The van der Waals surface area contributed by atoms with Gasteiger partial charge in [-0.3, -0.25) is 5.10 Å². The molecule has 1 aromatic rings. The van der Waals surface area contributed by atoms with Crippen molar-refractivity contribution >= 4 is 10.0 Å². The molecule has 0 saturated heterocycles. The van der Waals surface area contributed by atoms with Gasteiger partial charge >= 0.3 is 0 Å². The summed E-state index contributed by atoms with van der Waals surface area (Å²) in [5.41, 5.74) is 0.233. The van der Waals surface area contributed by atoms with Gasteiger partial charge in [-0.25, -0.2) is 13.1 Å². The lowest BCUT2D eigenvalue weighted by molar-refractivity contribution is 0.180. The lowest BCUT2D eigenvalue weighted by Gasteiger charge is -2.12. The Kier molecular flexibility index (Phi) is 4.42. The third-order valence-electron chi connectivity index (χ3n) is 1.89. The van der Waals surface area contributed by atoms with Crippen molar-refractivity contribution in [2.24, 2.45) is 0 Å². The van der Waals surface area contributed by atoms with Crippen LogP contribution in [-0.4, -0.2) is 43.5 Å². The monoisotopic (exact) mass is 249 g/mol. The van der Waals surface area contributed by atoms with Crippen molar-refractivity contribution in [3.8, 4) is 0 Å². The number of H-pyrrole nitrogens is 1. The number of methoxy groups -OCH3 is 1. The lowest BCUT2D eigenvalue weighted by atomic mass is 10.4. The van der Waals surface area contributed by atoms with Gasteiger partial charge in [0.2, 0.25) is 0 Å². The van der Waals surface area contributed by atoms with E-state index < -0.39 is 10.0 Å². The number of nitrogens with zero attached hydrogens (tertiary/aromatic N) is 1. The van der Waals surface area contributed by atoms with Gasteiger partial charge in [-0.2, -0.15) is 5.10 Å². The molecule has 0 aliphatic rings. The highest BCUT2D eigenvalue weighted by Gasteiger charge is 2.22. The van der Waals surface area contributed by atoms with Gasteiger partial charge in [0.25, 0.3) is 10.0 Å². The maximum Gasteiger partial charge on any atom is 0.258 e. The first kappa shape index (κ1) is 13.1. The van der Waals surface area contributed by atoms with E-state index in [0.29, 0.717) is 0 Å². The summed E-state index contributed by atoms with van der Waals surface area (Å²) < 4.78 is 30.8. The van der Waals surface area contributed by atoms with Gasteiger partial charge in [0.1, 0.15) is 0 Å². The first-order chi connectivity index (χ1) is 7.51. The van der Waals surface area contributed by atoms with E-state index in [-0.39, 0.29) is 29.8 Å². The fourth-order valence-electron chi connectivity index (χ4n) is 1.25. The van der Waals surface area contributed by atoms with Crippen molar-refractivity contribution in [2.45, 2.75) is 24.6 Å². The maximum absolute atomic E-state index is 11.8. The maximum atomic E-state index is 11.8. The largest absolute Gasteiger partial charge is 0.392 e. The van der Waals surface area contributed by atoms with Crippen LogP contribution in [0.5, 0.6) is 0 Å². The van der Waals surface area contributed by atoms with Gasteiger partial charge in [-0.15, -0.1) is 0 Å². The number of aliphatic hydroxyl groups excluding tert-OH is 1. The predicted molar refractivity (Wildman–Crippen MR) is 56.2 cm³/mol. The summed E-state index contributed by atoms with van der Waals surface area (Å²) in [7, 11) is -2.20. The quantitative estimate of drug-likeness (QED) is 0.613. The van der Waals surface area contributed by atoms with E-state index >= 15 is 0 Å². The number of hydrogen-bond acceptors (Lipinski definition) is 5. The van der Waals surface area contributed by atoms with Gasteiger partial charge in [0, 0.05) is 18.7 Å². The van der Waals surface area contributed by atoms with Crippen LogP contribution >= 0.6 is 0 Å². The van der Waals surface area contributed by atoms with Crippen LogP contribution in [0, 0.1) is 0 Å². The van der Waals surface area contributed by atoms with E-state index in [2.05, 4.69) is 14.9 Å². The summed E-state index contributed by atoms with van der Waals surface area (Å²) in [5, 5.41) is 14.7. The number of nitrogens with one attached hydrogen (secondary N) is 2. The summed E-state index contributed by atoms with van der Waals surface area (Å²) in [6, 6.07) is -0.357. The molecule has 0 bridgehead atoms. The van der Waals surface area contributed by atoms with Gasteiger partial charge in [-0.05, 0) is 6.92 Å². The number of ether oxygens (including phenoxy) is 1. The second-order valence-corrected chi connectivity index (χ2v) is 5.01. The minimum Gasteiger partial charge on any atom is -0.392 e. The highest BCUT2D eigenvalue weighted by Crippen LogP contribution is 2.11. The molecular weight excluding hydrogens is 234 g/mol. The number of aromatic amines is 1. The zero-order chi connectivity index (χ0) is 12.2. The standard InChI is InChI=1S/C8H15N3O4S/c1-6(5-15-2)11-16(13,14)8-7(4-12)3-9-10-8/h3,6,11-12H,4-5H2,1-2H3,(H,9,10). The highest BCUT2D eigenvalue weighted by atomic mass is 32.2. The summed E-state index contributed by atoms with van der Waals surface area (Å²) in [6.07, 6.45) is 1.27. The van der Waals surface area contributed by atoms with E-state index in [4.69, 9.17) is 9.84 Å². The third-order valence-corrected chi connectivity index (χ3v) is 3.49. The topological polar surface area (TPSA) is 104 Å². The summed E-state index contributed by atoms with van der Waals surface area (Å²) in [5.74, 6) is 0. The lowest BCUT2D eigenvalue weighted by Crippen LogP contribution is -2.36. The molecule has 8 heteroatoms. The zero-order valence-corrected chi connectivity index (χ0v) is 9.91. The van der Waals surface area contributed by atoms with E-state index in [9.17, 15) is 8.42 Å². The molecule has 0 aliphatic carbocycles. The van der Waals surface area contributed by atoms with Crippen molar-refractivity contribution in [2.75, 3.05) is 13.7 Å². The molecule has 1 rings (SSSR count). The molecular formula is C8H15N3O4S. The van der Waals surface area contributed by atoms with Crippen LogP contribution in [0.4, 0.5) is 0 Å². The van der Waals surface area contributed by atoms with Crippen molar-refractivity contribution in [3.63, 3.8) is 0 Å². The van der Waals surface area contributed by atoms with Gasteiger partial charge in [-0.1, -0.05) is 0 Å². The fourth-order valence-corrected chi connectivity index (χ4v) is 2.60. The Bertz CT molecular complexity index is 428. The van der Waals surface area contributed by atoms with E-state index in [1.165, 1.54) is 13.3 Å². The molecule has 7 nitrogen and oxygen atoms in total. The van der Waals surface area contributed by atoms with Gasteiger partial charge in [0.05, 0.1) is 19.4 Å². The van der Waals surface area contributed by atoms with Crippen LogP contribution in [0.25, 0.3) is 0 Å². The van der Waals surface area contributed by atoms with E-state index in [1.807, 2.05) is 0 Å². The highest BCUT2D eigenvalue weighted by molar-refractivity contribution is 7.89. The Balaban J connectivity index is 2.86. The Labute approximate surface area is 93.9 Å². The van der Waals surface area contributed by atoms with Crippen LogP contribution in [0.3, 0.4) is 0 Å². The van der Waals surface area contributed by atoms with Crippen LogP contribution < -0.4 is 4.72 Å². The number of sulfonamides is 1. The first-order valence-corrected chi connectivity index (χ1v) is 6.14. The molecule has 0 aromatic carbocycles. The number of aliphatic hydroxyl groups is 1. The molecule has 1 unspecified atom stereocenters. The molecule has 16 heavy (non-hydrogen) atoms. The van der Waals surface area contributed by atoms with E-state index in [0.717, 1.165) is 0 Å². The molecule has 0 radical (unpaired) electrons. The normalized spacial score (nSPS) is 13.9. The molecule has 0 fully saturated rings. The smallest absolute Gasteiger partial charge is 0.258 e. The molecule has 3 N–H and O–H groups in total. The number of aromatic nitrogens is 2. The molecule has 92 valence electrons. The summed E-state index contributed by atoms with van der Waals surface area (Å²) in [6.45, 7) is 1.56.